The van der Waals surface area contributed by atoms with E-state index in [9.17, 15) is 14.4 Å². The summed E-state index contributed by atoms with van der Waals surface area (Å²) >= 11 is 1.16. The fraction of sp³-hybridized carbons (Fsp3) is 0.200. The van der Waals surface area contributed by atoms with Crippen LogP contribution in [-0.4, -0.2) is 28.5 Å². The van der Waals surface area contributed by atoms with Crippen molar-refractivity contribution in [3.8, 4) is 5.75 Å². The highest BCUT2D eigenvalue weighted by Crippen LogP contribution is 2.28. The Balaban J connectivity index is 1.61. The minimum Gasteiger partial charge on any atom is -0.497 e. The molecule has 4 rings (SSSR count). The van der Waals surface area contributed by atoms with Crippen LogP contribution in [0.1, 0.15) is 33.8 Å². The maximum atomic E-state index is 13.3. The van der Waals surface area contributed by atoms with Gasteiger partial charge >= 0.3 is 0 Å². The zero-order valence-electron chi connectivity index (χ0n) is 19.2. The van der Waals surface area contributed by atoms with Crippen molar-refractivity contribution >= 4 is 44.7 Å². The molecular weight excluding hydrogens is 452 g/mol. The SMILES string of the molecule is COc1ccc(NC(=O)C(C)n2cnc3sc(C(=O)Nc4ccccc4C)c(C)c3c2=O)cc1. The molecule has 8 nitrogen and oxygen atoms in total. The van der Waals surface area contributed by atoms with Crippen LogP contribution < -0.4 is 20.9 Å². The Hall–Kier alpha value is -3.98. The molecule has 34 heavy (non-hydrogen) atoms. The van der Waals surface area contributed by atoms with Gasteiger partial charge in [-0.3, -0.25) is 19.0 Å². The molecule has 0 saturated carbocycles. The molecule has 0 aliphatic carbocycles. The number of benzene rings is 2. The first-order valence-corrected chi connectivity index (χ1v) is 11.4. The minimum atomic E-state index is -0.810. The normalized spacial score (nSPS) is 11.8. The van der Waals surface area contributed by atoms with Gasteiger partial charge in [0, 0.05) is 11.4 Å². The second-order valence-corrected chi connectivity index (χ2v) is 8.86. The number of aromatic nitrogens is 2. The Morgan fingerprint density at radius 1 is 1.06 bits per heavy atom. The summed E-state index contributed by atoms with van der Waals surface area (Å²) in [6.45, 7) is 5.26. The fourth-order valence-corrected chi connectivity index (χ4v) is 4.60. The van der Waals surface area contributed by atoms with Crippen LogP contribution in [0.15, 0.2) is 59.7 Å². The highest BCUT2D eigenvalue weighted by Gasteiger charge is 2.23. The number of hydrogen-bond donors (Lipinski definition) is 2. The van der Waals surface area contributed by atoms with Gasteiger partial charge in [0.15, 0.2) is 0 Å². The van der Waals surface area contributed by atoms with Crippen molar-refractivity contribution in [1.29, 1.82) is 0 Å². The number of nitrogens with zero attached hydrogens (tertiary/aromatic N) is 2. The fourth-order valence-electron chi connectivity index (χ4n) is 3.57. The number of thiophene rings is 1. The molecule has 1 unspecified atom stereocenters. The van der Waals surface area contributed by atoms with E-state index in [4.69, 9.17) is 4.74 Å². The lowest BCUT2D eigenvalue weighted by molar-refractivity contribution is -0.118. The largest absolute Gasteiger partial charge is 0.497 e. The number of rotatable bonds is 6. The van der Waals surface area contributed by atoms with E-state index in [1.807, 2.05) is 31.2 Å². The first kappa shape index (κ1) is 23.2. The van der Waals surface area contributed by atoms with E-state index in [-0.39, 0.29) is 17.4 Å². The number of nitrogens with one attached hydrogen (secondary N) is 2. The maximum Gasteiger partial charge on any atom is 0.266 e. The van der Waals surface area contributed by atoms with Gasteiger partial charge in [0.1, 0.15) is 16.6 Å². The van der Waals surface area contributed by atoms with E-state index in [0.29, 0.717) is 37.8 Å². The van der Waals surface area contributed by atoms with Crippen molar-refractivity contribution in [2.24, 2.45) is 0 Å². The number of para-hydroxylation sites is 1. The van der Waals surface area contributed by atoms with Gasteiger partial charge in [0.2, 0.25) is 5.91 Å². The zero-order valence-corrected chi connectivity index (χ0v) is 20.0. The predicted molar refractivity (Wildman–Crippen MR) is 134 cm³/mol. The van der Waals surface area contributed by atoms with Crippen molar-refractivity contribution in [2.75, 3.05) is 17.7 Å². The average molecular weight is 477 g/mol. The number of fused-ring (bicyclic) bond motifs is 1. The summed E-state index contributed by atoms with van der Waals surface area (Å²) in [6, 6.07) is 13.6. The number of hydrogen-bond acceptors (Lipinski definition) is 6. The second kappa shape index (κ2) is 9.48. The number of anilines is 2. The molecule has 9 heteroatoms. The van der Waals surface area contributed by atoms with Crippen molar-refractivity contribution in [3.63, 3.8) is 0 Å². The number of ether oxygens (including phenoxy) is 1. The third kappa shape index (κ3) is 4.42. The molecule has 1 atom stereocenters. The Morgan fingerprint density at radius 3 is 2.44 bits per heavy atom. The van der Waals surface area contributed by atoms with Crippen LogP contribution in [0.4, 0.5) is 11.4 Å². The summed E-state index contributed by atoms with van der Waals surface area (Å²) in [4.78, 5) is 44.2. The average Bonchev–Trinajstić information content (AvgIpc) is 3.18. The topological polar surface area (TPSA) is 102 Å². The van der Waals surface area contributed by atoms with Gasteiger partial charge in [-0.05, 0) is 62.2 Å². The molecular formula is C25H24N4O4S. The quantitative estimate of drug-likeness (QED) is 0.426. The van der Waals surface area contributed by atoms with Gasteiger partial charge in [-0.15, -0.1) is 11.3 Å². The van der Waals surface area contributed by atoms with Gasteiger partial charge in [0.25, 0.3) is 11.5 Å². The van der Waals surface area contributed by atoms with Crippen LogP contribution in [0.5, 0.6) is 5.75 Å². The van der Waals surface area contributed by atoms with Crippen LogP contribution in [0.25, 0.3) is 10.2 Å². The van der Waals surface area contributed by atoms with Gasteiger partial charge in [-0.25, -0.2) is 4.98 Å². The third-order valence-corrected chi connectivity index (χ3v) is 6.83. The molecule has 0 spiro atoms. The Labute approximate surface area is 200 Å². The first-order chi connectivity index (χ1) is 16.3. The van der Waals surface area contributed by atoms with E-state index in [0.717, 1.165) is 16.9 Å². The van der Waals surface area contributed by atoms with Gasteiger partial charge in [-0.2, -0.15) is 0 Å². The van der Waals surface area contributed by atoms with Crippen LogP contribution in [0.3, 0.4) is 0 Å². The lowest BCUT2D eigenvalue weighted by Crippen LogP contribution is -2.31. The lowest BCUT2D eigenvalue weighted by atomic mass is 10.1. The number of carbonyl (C=O) groups is 2. The Bertz CT molecular complexity index is 1440. The molecule has 0 aliphatic rings. The van der Waals surface area contributed by atoms with E-state index in [1.165, 1.54) is 10.9 Å². The summed E-state index contributed by atoms with van der Waals surface area (Å²) in [5.74, 6) is 0.0111. The van der Waals surface area contributed by atoms with Crippen LogP contribution >= 0.6 is 11.3 Å². The highest BCUT2D eigenvalue weighted by molar-refractivity contribution is 7.20. The third-order valence-electron chi connectivity index (χ3n) is 5.63. The molecule has 174 valence electrons. The molecule has 0 aliphatic heterocycles. The summed E-state index contributed by atoms with van der Waals surface area (Å²) in [7, 11) is 1.56. The number of amides is 2. The van der Waals surface area contributed by atoms with Crippen molar-refractivity contribution in [3.05, 3.63) is 81.2 Å². The molecule has 0 fully saturated rings. The van der Waals surface area contributed by atoms with Gasteiger partial charge in [-0.1, -0.05) is 18.2 Å². The molecule has 0 saturated heterocycles. The first-order valence-electron chi connectivity index (χ1n) is 10.6. The predicted octanol–water partition coefficient (Wildman–Crippen LogP) is 4.54. The van der Waals surface area contributed by atoms with E-state index < -0.39 is 6.04 Å². The number of aryl methyl sites for hydroxylation is 2. The van der Waals surface area contributed by atoms with Crippen molar-refractivity contribution in [1.82, 2.24) is 9.55 Å². The molecule has 2 amide bonds. The molecule has 0 radical (unpaired) electrons. The van der Waals surface area contributed by atoms with Crippen LogP contribution in [-0.2, 0) is 4.79 Å². The Kier molecular flexibility index (Phi) is 6.47. The number of methoxy groups -OCH3 is 1. The van der Waals surface area contributed by atoms with E-state index in [1.54, 1.807) is 45.2 Å². The molecule has 2 aromatic heterocycles. The number of carbonyl (C=O) groups excluding carboxylic acids is 2. The van der Waals surface area contributed by atoms with E-state index >= 15 is 0 Å². The summed E-state index contributed by atoms with van der Waals surface area (Å²) < 4.78 is 6.40. The molecule has 2 heterocycles. The minimum absolute atomic E-state index is 0.300. The lowest BCUT2D eigenvalue weighted by Gasteiger charge is -2.15. The molecule has 0 bridgehead atoms. The van der Waals surface area contributed by atoms with Crippen molar-refractivity contribution in [2.45, 2.75) is 26.8 Å². The second-order valence-electron chi connectivity index (χ2n) is 7.86. The zero-order chi connectivity index (χ0) is 24.4. The van der Waals surface area contributed by atoms with Crippen LogP contribution in [0, 0.1) is 13.8 Å². The molecule has 2 N–H and O–H groups in total. The highest BCUT2D eigenvalue weighted by atomic mass is 32.1. The van der Waals surface area contributed by atoms with Gasteiger partial charge < -0.3 is 15.4 Å². The standard InChI is InChI=1S/C25H24N4O4S/c1-14-7-5-6-8-19(14)28-23(31)21-15(2)20-24(34-21)26-13-29(25(20)32)16(3)22(30)27-17-9-11-18(33-4)12-10-17/h5-13,16H,1-4H3,(H,27,30)(H,28,31). The molecule has 2 aromatic carbocycles. The van der Waals surface area contributed by atoms with Crippen LogP contribution in [0.2, 0.25) is 0 Å². The summed E-state index contributed by atoms with van der Waals surface area (Å²) in [6.07, 6.45) is 1.35. The van der Waals surface area contributed by atoms with Gasteiger partial charge in [0.05, 0.1) is 23.7 Å². The monoisotopic (exact) mass is 476 g/mol. The Morgan fingerprint density at radius 2 is 1.76 bits per heavy atom. The summed E-state index contributed by atoms with van der Waals surface area (Å²) in [5, 5.41) is 6.03. The molecule has 4 aromatic rings. The maximum absolute atomic E-state index is 13.3. The van der Waals surface area contributed by atoms with Crippen molar-refractivity contribution < 1.29 is 14.3 Å². The summed E-state index contributed by atoms with van der Waals surface area (Å²) in [5.41, 5.74) is 2.40. The smallest absolute Gasteiger partial charge is 0.266 e. The van der Waals surface area contributed by atoms with E-state index in [2.05, 4.69) is 15.6 Å².